The van der Waals surface area contributed by atoms with Crippen molar-refractivity contribution in [3.8, 4) is 11.6 Å². The molecule has 3 N–H and O–H groups in total. The molecule has 1 heterocycles. The molecule has 0 atom stereocenters. The van der Waals surface area contributed by atoms with Crippen molar-refractivity contribution in [2.24, 2.45) is 5.84 Å². The molecule has 0 aliphatic rings. The molecule has 21 heavy (non-hydrogen) atoms. The standard InChI is InChI=1S/C16H22N4O/c1-9(2)13-15(20-17)18-8-19-16(13)21-14-11(4)7-6-10(3)12(14)5/h6-9H,17H2,1-5H3,(H,18,19,20). The summed E-state index contributed by atoms with van der Waals surface area (Å²) in [6.45, 7) is 10.3. The highest BCUT2D eigenvalue weighted by atomic mass is 16.5. The molecule has 0 amide bonds. The molecular formula is C16H22N4O. The minimum Gasteiger partial charge on any atom is -0.438 e. The van der Waals surface area contributed by atoms with Gasteiger partial charge < -0.3 is 10.2 Å². The second kappa shape index (κ2) is 6.10. The molecule has 1 aromatic heterocycles. The Morgan fingerprint density at radius 3 is 2.38 bits per heavy atom. The summed E-state index contributed by atoms with van der Waals surface area (Å²) in [6.07, 6.45) is 1.46. The Bertz CT molecular complexity index is 653. The maximum absolute atomic E-state index is 6.11. The van der Waals surface area contributed by atoms with Gasteiger partial charge in [0.2, 0.25) is 5.88 Å². The lowest BCUT2D eigenvalue weighted by atomic mass is 10.0. The van der Waals surface area contributed by atoms with Gasteiger partial charge in [-0.05, 0) is 43.4 Å². The number of ether oxygens (including phenoxy) is 1. The second-order valence-electron chi connectivity index (χ2n) is 5.50. The molecule has 0 aliphatic carbocycles. The van der Waals surface area contributed by atoms with E-state index in [0.717, 1.165) is 22.4 Å². The van der Waals surface area contributed by atoms with Crippen LogP contribution in [-0.4, -0.2) is 9.97 Å². The minimum absolute atomic E-state index is 0.192. The predicted molar refractivity (Wildman–Crippen MR) is 84.7 cm³/mol. The van der Waals surface area contributed by atoms with E-state index < -0.39 is 0 Å². The van der Waals surface area contributed by atoms with Gasteiger partial charge in [-0.15, -0.1) is 0 Å². The number of nitrogens with one attached hydrogen (secondary N) is 1. The number of benzene rings is 1. The SMILES string of the molecule is Cc1ccc(C)c(Oc2ncnc(NN)c2C(C)C)c1C. The number of rotatable bonds is 4. The normalized spacial score (nSPS) is 10.8. The van der Waals surface area contributed by atoms with Crippen LogP contribution in [0.4, 0.5) is 5.82 Å². The fraction of sp³-hybridized carbons (Fsp3) is 0.375. The van der Waals surface area contributed by atoms with Crippen LogP contribution in [0.15, 0.2) is 18.5 Å². The van der Waals surface area contributed by atoms with Crippen molar-refractivity contribution in [2.75, 3.05) is 5.43 Å². The molecule has 5 nitrogen and oxygen atoms in total. The van der Waals surface area contributed by atoms with Crippen molar-refractivity contribution < 1.29 is 4.74 Å². The highest BCUT2D eigenvalue weighted by Gasteiger charge is 2.18. The molecule has 2 rings (SSSR count). The van der Waals surface area contributed by atoms with Crippen molar-refractivity contribution in [2.45, 2.75) is 40.5 Å². The Labute approximate surface area is 125 Å². The summed E-state index contributed by atoms with van der Waals surface area (Å²) in [6, 6.07) is 4.14. The van der Waals surface area contributed by atoms with Crippen LogP contribution >= 0.6 is 0 Å². The molecule has 0 saturated carbocycles. The van der Waals surface area contributed by atoms with Crippen LogP contribution in [0.25, 0.3) is 0 Å². The maximum Gasteiger partial charge on any atom is 0.227 e. The van der Waals surface area contributed by atoms with E-state index >= 15 is 0 Å². The fourth-order valence-electron chi connectivity index (χ4n) is 2.28. The van der Waals surface area contributed by atoms with E-state index in [2.05, 4.69) is 55.2 Å². The van der Waals surface area contributed by atoms with Gasteiger partial charge in [0.1, 0.15) is 12.1 Å². The van der Waals surface area contributed by atoms with Gasteiger partial charge in [-0.1, -0.05) is 26.0 Å². The van der Waals surface area contributed by atoms with Gasteiger partial charge in [0.25, 0.3) is 0 Å². The number of hydrogen-bond acceptors (Lipinski definition) is 5. The van der Waals surface area contributed by atoms with Crippen LogP contribution in [0.2, 0.25) is 0 Å². The van der Waals surface area contributed by atoms with E-state index in [9.17, 15) is 0 Å². The van der Waals surface area contributed by atoms with Gasteiger partial charge >= 0.3 is 0 Å². The summed E-state index contributed by atoms with van der Waals surface area (Å²) in [5.41, 5.74) is 6.87. The first-order valence-electron chi connectivity index (χ1n) is 7.01. The van der Waals surface area contributed by atoms with Gasteiger partial charge in [-0.2, -0.15) is 0 Å². The summed E-state index contributed by atoms with van der Waals surface area (Å²) in [5, 5.41) is 0. The van der Waals surface area contributed by atoms with E-state index in [4.69, 9.17) is 10.6 Å². The van der Waals surface area contributed by atoms with E-state index in [1.165, 1.54) is 11.9 Å². The Kier molecular flexibility index (Phi) is 4.43. The Hall–Kier alpha value is -2.14. The Balaban J connectivity index is 2.52. The molecule has 0 radical (unpaired) electrons. The number of nitrogens with two attached hydrogens (primary N) is 1. The highest BCUT2D eigenvalue weighted by molar-refractivity contribution is 5.53. The van der Waals surface area contributed by atoms with Crippen LogP contribution in [0, 0.1) is 20.8 Å². The van der Waals surface area contributed by atoms with E-state index in [1.807, 2.05) is 6.92 Å². The highest BCUT2D eigenvalue weighted by Crippen LogP contribution is 2.35. The lowest BCUT2D eigenvalue weighted by molar-refractivity contribution is 0.445. The topological polar surface area (TPSA) is 73.1 Å². The number of anilines is 1. The van der Waals surface area contributed by atoms with E-state index in [0.29, 0.717) is 11.7 Å². The quantitative estimate of drug-likeness (QED) is 0.663. The molecule has 2 aromatic rings. The number of aryl methyl sites for hydroxylation is 2. The average Bonchev–Trinajstić information content (AvgIpc) is 2.47. The van der Waals surface area contributed by atoms with Crippen molar-refractivity contribution >= 4 is 5.82 Å². The number of hydrazine groups is 1. The maximum atomic E-state index is 6.11. The lowest BCUT2D eigenvalue weighted by Crippen LogP contribution is -2.13. The zero-order valence-corrected chi connectivity index (χ0v) is 13.2. The number of nitrogen functional groups attached to an aromatic ring is 1. The van der Waals surface area contributed by atoms with Crippen LogP contribution < -0.4 is 16.0 Å². The molecule has 0 bridgehead atoms. The van der Waals surface area contributed by atoms with Crippen molar-refractivity contribution in [3.05, 3.63) is 40.7 Å². The summed E-state index contributed by atoms with van der Waals surface area (Å²) in [7, 11) is 0. The van der Waals surface area contributed by atoms with Gasteiger partial charge in [0.15, 0.2) is 5.82 Å². The molecule has 0 saturated heterocycles. The molecule has 0 unspecified atom stereocenters. The molecule has 0 aliphatic heterocycles. The van der Waals surface area contributed by atoms with Crippen LogP contribution in [0.5, 0.6) is 11.6 Å². The van der Waals surface area contributed by atoms with E-state index in [-0.39, 0.29) is 5.92 Å². The van der Waals surface area contributed by atoms with Gasteiger partial charge in [-0.25, -0.2) is 15.8 Å². The number of hydrogen-bond donors (Lipinski definition) is 2. The fourth-order valence-corrected chi connectivity index (χ4v) is 2.28. The van der Waals surface area contributed by atoms with Crippen LogP contribution in [-0.2, 0) is 0 Å². The first-order valence-corrected chi connectivity index (χ1v) is 7.01. The first kappa shape index (κ1) is 15.3. The Morgan fingerprint density at radius 2 is 1.76 bits per heavy atom. The molecular weight excluding hydrogens is 264 g/mol. The number of nitrogens with zero attached hydrogens (tertiary/aromatic N) is 2. The van der Waals surface area contributed by atoms with Gasteiger partial charge in [-0.3, -0.25) is 0 Å². The number of aromatic nitrogens is 2. The predicted octanol–water partition coefficient (Wildman–Crippen LogP) is 3.60. The molecule has 0 fully saturated rings. The summed E-state index contributed by atoms with van der Waals surface area (Å²) < 4.78 is 6.11. The van der Waals surface area contributed by atoms with Crippen LogP contribution in [0.3, 0.4) is 0 Å². The Morgan fingerprint density at radius 1 is 1.10 bits per heavy atom. The third-order valence-corrected chi connectivity index (χ3v) is 3.63. The van der Waals surface area contributed by atoms with Crippen molar-refractivity contribution in [1.82, 2.24) is 9.97 Å². The third-order valence-electron chi connectivity index (χ3n) is 3.63. The summed E-state index contributed by atoms with van der Waals surface area (Å²) in [4.78, 5) is 8.44. The van der Waals surface area contributed by atoms with Gasteiger partial charge in [0, 0.05) is 0 Å². The zero-order valence-electron chi connectivity index (χ0n) is 13.2. The van der Waals surface area contributed by atoms with Crippen molar-refractivity contribution in [3.63, 3.8) is 0 Å². The third kappa shape index (κ3) is 2.97. The molecule has 5 heteroatoms. The van der Waals surface area contributed by atoms with Gasteiger partial charge in [0.05, 0.1) is 5.56 Å². The van der Waals surface area contributed by atoms with E-state index in [1.54, 1.807) is 0 Å². The average molecular weight is 286 g/mol. The monoisotopic (exact) mass is 286 g/mol. The minimum atomic E-state index is 0.192. The second-order valence-corrected chi connectivity index (χ2v) is 5.50. The zero-order chi connectivity index (χ0) is 15.6. The smallest absolute Gasteiger partial charge is 0.227 e. The van der Waals surface area contributed by atoms with Crippen LogP contribution in [0.1, 0.15) is 42.0 Å². The summed E-state index contributed by atoms with van der Waals surface area (Å²) >= 11 is 0. The molecule has 112 valence electrons. The van der Waals surface area contributed by atoms with Crippen molar-refractivity contribution in [1.29, 1.82) is 0 Å². The lowest BCUT2D eigenvalue weighted by Gasteiger charge is -2.18. The molecule has 1 aromatic carbocycles. The summed E-state index contributed by atoms with van der Waals surface area (Å²) in [5.74, 6) is 7.72. The molecule has 0 spiro atoms. The largest absolute Gasteiger partial charge is 0.438 e. The first-order chi connectivity index (χ1) is 9.95.